The Hall–Kier alpha value is -2.68. The first-order valence-corrected chi connectivity index (χ1v) is 8.03. The highest BCUT2D eigenvalue weighted by molar-refractivity contribution is 7.17. The highest BCUT2D eigenvalue weighted by atomic mass is 32.1. The Bertz CT molecular complexity index is 977. The summed E-state index contributed by atoms with van der Waals surface area (Å²) in [5.74, 6) is -0.166. The van der Waals surface area contributed by atoms with Crippen LogP contribution in [0.25, 0.3) is 10.2 Å². The van der Waals surface area contributed by atoms with Gasteiger partial charge in [0.2, 0.25) is 0 Å². The molecule has 0 fully saturated rings. The van der Waals surface area contributed by atoms with Crippen molar-refractivity contribution in [2.75, 3.05) is 7.05 Å². The largest absolute Gasteiger partial charge is 0.416 e. The molecule has 2 aromatic heterocycles. The number of hydrogen-bond donors (Lipinski definition) is 1. The summed E-state index contributed by atoms with van der Waals surface area (Å²) in [6.07, 6.45) is -4.45. The van der Waals surface area contributed by atoms with Crippen LogP contribution in [-0.2, 0) is 12.7 Å². The monoisotopic (exact) mass is 367 g/mol. The van der Waals surface area contributed by atoms with Crippen LogP contribution < -0.4 is 5.56 Å². The fraction of sp³-hybridized carbons (Fsp3) is 0.188. The van der Waals surface area contributed by atoms with E-state index >= 15 is 0 Å². The van der Waals surface area contributed by atoms with Crippen LogP contribution in [0.4, 0.5) is 13.2 Å². The molecule has 0 saturated carbocycles. The van der Waals surface area contributed by atoms with Gasteiger partial charge >= 0.3 is 6.18 Å². The van der Waals surface area contributed by atoms with Crippen molar-refractivity contribution >= 4 is 27.5 Å². The zero-order valence-corrected chi connectivity index (χ0v) is 13.7. The number of halogens is 3. The SMILES string of the molecule is CN(Cc1nc2ccsc2c(=O)[nH]1)C(=O)c1ccc(C(F)(F)F)cc1. The summed E-state index contributed by atoms with van der Waals surface area (Å²) >= 11 is 1.27. The van der Waals surface area contributed by atoms with Crippen LogP contribution in [0.15, 0.2) is 40.5 Å². The van der Waals surface area contributed by atoms with Gasteiger partial charge in [-0.3, -0.25) is 9.59 Å². The van der Waals surface area contributed by atoms with Gasteiger partial charge in [0.1, 0.15) is 10.5 Å². The molecule has 0 saturated heterocycles. The van der Waals surface area contributed by atoms with E-state index in [1.807, 2.05) is 0 Å². The normalized spacial score (nSPS) is 11.7. The lowest BCUT2D eigenvalue weighted by molar-refractivity contribution is -0.137. The van der Waals surface area contributed by atoms with Crippen LogP contribution in [0, 0.1) is 0 Å². The van der Waals surface area contributed by atoms with Crippen molar-refractivity contribution in [3.8, 4) is 0 Å². The summed E-state index contributed by atoms with van der Waals surface area (Å²) in [5, 5.41) is 1.74. The molecule has 2 heterocycles. The number of H-pyrrole nitrogens is 1. The number of alkyl halides is 3. The molecule has 0 spiro atoms. The van der Waals surface area contributed by atoms with E-state index in [0.717, 1.165) is 24.3 Å². The molecule has 1 amide bonds. The number of thiophene rings is 1. The predicted molar refractivity (Wildman–Crippen MR) is 87.5 cm³/mol. The minimum atomic E-state index is -4.45. The molecule has 5 nitrogen and oxygen atoms in total. The van der Waals surface area contributed by atoms with Gasteiger partial charge in [-0.1, -0.05) is 0 Å². The molecule has 0 unspecified atom stereocenters. The fourth-order valence-corrected chi connectivity index (χ4v) is 3.04. The Kier molecular flexibility index (Phi) is 4.34. The minimum Gasteiger partial charge on any atom is -0.334 e. The van der Waals surface area contributed by atoms with Gasteiger partial charge in [0.05, 0.1) is 17.6 Å². The van der Waals surface area contributed by atoms with Gasteiger partial charge in [0.15, 0.2) is 0 Å². The number of carbonyl (C=O) groups is 1. The molecule has 1 N–H and O–H groups in total. The topological polar surface area (TPSA) is 66.1 Å². The van der Waals surface area contributed by atoms with Gasteiger partial charge in [-0.2, -0.15) is 13.2 Å². The number of rotatable bonds is 3. The molecule has 1 aromatic carbocycles. The van der Waals surface area contributed by atoms with Crippen molar-refractivity contribution in [2.45, 2.75) is 12.7 Å². The predicted octanol–water partition coefficient (Wildman–Crippen LogP) is 3.28. The number of benzene rings is 1. The Morgan fingerprint density at radius 3 is 2.56 bits per heavy atom. The lowest BCUT2D eigenvalue weighted by atomic mass is 10.1. The summed E-state index contributed by atoms with van der Waals surface area (Å²) < 4.78 is 38.2. The third-order valence-corrected chi connectivity index (χ3v) is 4.46. The zero-order chi connectivity index (χ0) is 18.2. The number of carbonyl (C=O) groups excluding carboxylic acids is 1. The van der Waals surface area contributed by atoms with Crippen LogP contribution in [0.2, 0.25) is 0 Å². The van der Waals surface area contributed by atoms with Gasteiger partial charge in [0, 0.05) is 12.6 Å². The third kappa shape index (κ3) is 3.55. The Balaban J connectivity index is 1.78. The van der Waals surface area contributed by atoms with Crippen molar-refractivity contribution in [3.05, 3.63) is 63.0 Å². The van der Waals surface area contributed by atoms with Crippen LogP contribution in [0.1, 0.15) is 21.7 Å². The van der Waals surface area contributed by atoms with Crippen LogP contribution in [0.3, 0.4) is 0 Å². The summed E-state index contributed by atoms with van der Waals surface area (Å²) in [6, 6.07) is 5.67. The van der Waals surface area contributed by atoms with Gasteiger partial charge in [0.25, 0.3) is 11.5 Å². The number of nitrogens with zero attached hydrogens (tertiary/aromatic N) is 2. The maximum Gasteiger partial charge on any atom is 0.416 e. The second-order valence-corrected chi connectivity index (χ2v) is 6.30. The second-order valence-electron chi connectivity index (χ2n) is 5.38. The lowest BCUT2D eigenvalue weighted by Crippen LogP contribution is -2.28. The third-order valence-electron chi connectivity index (χ3n) is 3.56. The van der Waals surface area contributed by atoms with Gasteiger partial charge in [-0.25, -0.2) is 4.98 Å². The molecule has 3 rings (SSSR count). The van der Waals surface area contributed by atoms with E-state index in [9.17, 15) is 22.8 Å². The highest BCUT2D eigenvalue weighted by Crippen LogP contribution is 2.29. The number of hydrogen-bond acceptors (Lipinski definition) is 4. The molecule has 9 heteroatoms. The molecule has 0 aliphatic carbocycles. The van der Waals surface area contributed by atoms with Gasteiger partial charge < -0.3 is 9.88 Å². The molecule has 130 valence electrons. The van der Waals surface area contributed by atoms with E-state index in [1.54, 1.807) is 11.4 Å². The number of fused-ring (bicyclic) bond motifs is 1. The molecule has 0 bridgehead atoms. The van der Waals surface area contributed by atoms with Crippen molar-refractivity contribution in [2.24, 2.45) is 0 Å². The molecule has 3 aromatic rings. The summed E-state index contributed by atoms with van der Waals surface area (Å²) in [6.45, 7) is 0.0287. The van der Waals surface area contributed by atoms with Crippen molar-refractivity contribution in [1.29, 1.82) is 0 Å². The lowest BCUT2D eigenvalue weighted by Gasteiger charge is -2.17. The van der Waals surface area contributed by atoms with E-state index < -0.39 is 17.6 Å². The maximum atomic E-state index is 12.6. The Morgan fingerprint density at radius 1 is 1.24 bits per heavy atom. The summed E-state index contributed by atoms with van der Waals surface area (Å²) in [7, 11) is 1.48. The van der Waals surface area contributed by atoms with E-state index in [4.69, 9.17) is 0 Å². The smallest absolute Gasteiger partial charge is 0.334 e. The zero-order valence-electron chi connectivity index (χ0n) is 12.9. The first-order chi connectivity index (χ1) is 11.8. The van der Waals surface area contributed by atoms with E-state index in [-0.39, 0.29) is 17.7 Å². The first-order valence-electron chi connectivity index (χ1n) is 7.15. The highest BCUT2D eigenvalue weighted by Gasteiger charge is 2.30. The average Bonchev–Trinajstić information content (AvgIpc) is 3.02. The minimum absolute atomic E-state index is 0.0287. The van der Waals surface area contributed by atoms with Crippen LogP contribution >= 0.6 is 11.3 Å². The number of amides is 1. The van der Waals surface area contributed by atoms with Crippen LogP contribution in [0.5, 0.6) is 0 Å². The van der Waals surface area contributed by atoms with Gasteiger partial charge in [-0.05, 0) is 35.7 Å². The standard InChI is InChI=1S/C16H12F3N3O2S/c1-22(8-12-20-11-6-7-25-13(11)14(23)21-12)15(24)9-2-4-10(5-3-9)16(17,18)19/h2-7H,8H2,1H3,(H,20,21,23). The Morgan fingerprint density at radius 2 is 1.92 bits per heavy atom. The van der Waals surface area contributed by atoms with Crippen molar-refractivity contribution < 1.29 is 18.0 Å². The maximum absolute atomic E-state index is 12.6. The fourth-order valence-electron chi connectivity index (χ4n) is 2.32. The van der Waals surface area contributed by atoms with E-state index in [2.05, 4.69) is 9.97 Å². The molecule has 0 atom stereocenters. The van der Waals surface area contributed by atoms with Crippen molar-refractivity contribution in [1.82, 2.24) is 14.9 Å². The van der Waals surface area contributed by atoms with E-state index in [1.165, 1.54) is 23.3 Å². The first kappa shape index (κ1) is 17.2. The summed E-state index contributed by atoms with van der Waals surface area (Å²) in [5.41, 5.74) is -0.445. The van der Waals surface area contributed by atoms with E-state index in [0.29, 0.717) is 16.0 Å². The average molecular weight is 367 g/mol. The van der Waals surface area contributed by atoms with Crippen LogP contribution in [-0.4, -0.2) is 27.8 Å². The number of aromatic nitrogens is 2. The van der Waals surface area contributed by atoms with Crippen molar-refractivity contribution in [3.63, 3.8) is 0 Å². The Labute approximate surface area is 143 Å². The number of aromatic amines is 1. The number of nitrogens with one attached hydrogen (secondary N) is 1. The second kappa shape index (κ2) is 6.32. The molecule has 0 aliphatic rings. The quantitative estimate of drug-likeness (QED) is 0.773. The summed E-state index contributed by atoms with van der Waals surface area (Å²) in [4.78, 5) is 32.4. The molecule has 25 heavy (non-hydrogen) atoms. The van der Waals surface area contributed by atoms with Gasteiger partial charge in [-0.15, -0.1) is 11.3 Å². The molecule has 0 radical (unpaired) electrons. The molecular weight excluding hydrogens is 355 g/mol. The molecule has 0 aliphatic heterocycles. The molecular formula is C16H12F3N3O2S.